The molecule has 2 aromatic carbocycles. The predicted molar refractivity (Wildman–Crippen MR) is 145 cm³/mol. The quantitative estimate of drug-likeness (QED) is 0.218. The van der Waals surface area contributed by atoms with Crippen LogP contribution in [0.1, 0.15) is 48.0 Å². The number of Topliss-reactive ketones (excluding diaryl/α,β-unsaturated/α-hetero) is 1. The number of methoxy groups -OCH3 is 2. The molecule has 9 nitrogen and oxygen atoms in total. The number of nitrogens with zero attached hydrogens (tertiary/aromatic N) is 1. The van der Waals surface area contributed by atoms with E-state index in [0.717, 1.165) is 50.9 Å². The van der Waals surface area contributed by atoms with Crippen molar-refractivity contribution in [2.24, 2.45) is 0 Å². The average molecular weight is 554 g/mol. The van der Waals surface area contributed by atoms with E-state index < -0.39 is 10.0 Å². The standard InChI is InChI=1S/C26H36ClN3O6S/c1-34-20-12-18(13-21(14-20)35-2)17-36-26-16-24(28)23(27)15-22(26)25(31)6-4-5-9-30-10-7-19(8-11-30)29-37(3,32)33/h12-16,19,29H,4-11,17,28H2,1-3H3. The molecule has 0 radical (unpaired) electrons. The zero-order valence-electron chi connectivity index (χ0n) is 21.6. The Bertz CT molecular complexity index is 1160. The fraction of sp³-hybridized carbons (Fsp3) is 0.500. The van der Waals surface area contributed by atoms with E-state index in [1.165, 1.54) is 6.26 Å². The lowest BCUT2D eigenvalue weighted by Gasteiger charge is -2.31. The lowest BCUT2D eigenvalue weighted by atomic mass is 10.0. The van der Waals surface area contributed by atoms with Gasteiger partial charge in [-0.25, -0.2) is 13.1 Å². The molecule has 0 amide bonds. The van der Waals surface area contributed by atoms with Crippen LogP contribution in [0.5, 0.6) is 17.2 Å². The molecule has 0 spiro atoms. The zero-order valence-corrected chi connectivity index (χ0v) is 23.2. The van der Waals surface area contributed by atoms with Crippen molar-refractivity contribution in [3.05, 3.63) is 46.5 Å². The van der Waals surface area contributed by atoms with Gasteiger partial charge in [0.15, 0.2) is 5.78 Å². The molecule has 1 aliphatic heterocycles. The van der Waals surface area contributed by atoms with E-state index >= 15 is 0 Å². The van der Waals surface area contributed by atoms with Crippen LogP contribution in [0.25, 0.3) is 0 Å². The molecule has 0 aromatic heterocycles. The van der Waals surface area contributed by atoms with Gasteiger partial charge in [0.2, 0.25) is 10.0 Å². The van der Waals surface area contributed by atoms with Gasteiger partial charge in [-0.15, -0.1) is 0 Å². The van der Waals surface area contributed by atoms with Gasteiger partial charge in [-0.2, -0.15) is 0 Å². The van der Waals surface area contributed by atoms with Gasteiger partial charge >= 0.3 is 0 Å². The molecule has 1 fully saturated rings. The number of carbonyl (C=O) groups is 1. The second-order valence-corrected chi connectivity index (χ2v) is 11.5. The summed E-state index contributed by atoms with van der Waals surface area (Å²) < 4.78 is 42.1. The number of hydrogen-bond acceptors (Lipinski definition) is 8. The number of ether oxygens (including phenoxy) is 3. The van der Waals surface area contributed by atoms with E-state index in [0.29, 0.717) is 39.9 Å². The summed E-state index contributed by atoms with van der Waals surface area (Å²) >= 11 is 6.23. The number of hydrogen-bond donors (Lipinski definition) is 2. The van der Waals surface area contributed by atoms with E-state index in [9.17, 15) is 13.2 Å². The fourth-order valence-corrected chi connectivity index (χ4v) is 5.35. The fourth-order valence-electron chi connectivity index (χ4n) is 4.35. The van der Waals surface area contributed by atoms with Crippen molar-refractivity contribution in [3.63, 3.8) is 0 Å². The van der Waals surface area contributed by atoms with Crippen LogP contribution >= 0.6 is 11.6 Å². The van der Waals surface area contributed by atoms with Gasteiger partial charge in [0.05, 0.1) is 36.7 Å². The van der Waals surface area contributed by atoms with Crippen LogP contribution in [-0.2, 0) is 16.6 Å². The molecule has 1 heterocycles. The summed E-state index contributed by atoms with van der Waals surface area (Å²) in [4.78, 5) is 15.4. The number of nitrogen functional groups attached to an aromatic ring is 1. The van der Waals surface area contributed by atoms with Gasteiger partial charge in [-0.05, 0) is 69.1 Å². The van der Waals surface area contributed by atoms with Crippen molar-refractivity contribution >= 4 is 33.1 Å². The van der Waals surface area contributed by atoms with E-state index in [-0.39, 0.29) is 18.4 Å². The summed E-state index contributed by atoms with van der Waals surface area (Å²) in [6, 6.07) is 8.60. The van der Waals surface area contributed by atoms with Crippen molar-refractivity contribution in [2.75, 3.05) is 45.8 Å². The van der Waals surface area contributed by atoms with Crippen molar-refractivity contribution in [2.45, 2.75) is 44.8 Å². The number of unbranched alkanes of at least 4 members (excludes halogenated alkanes) is 1. The SMILES string of the molecule is COc1cc(COc2cc(N)c(Cl)cc2C(=O)CCCCN2CCC(NS(C)(=O)=O)CC2)cc(OC)c1. The number of nitrogens with two attached hydrogens (primary N) is 1. The third-order valence-corrected chi connectivity index (χ3v) is 7.39. The number of carbonyl (C=O) groups excluding carboxylic acids is 1. The Balaban J connectivity index is 1.54. The molecule has 3 rings (SSSR count). The van der Waals surface area contributed by atoms with Gasteiger partial charge in [-0.1, -0.05) is 11.6 Å². The molecule has 0 aliphatic carbocycles. The lowest BCUT2D eigenvalue weighted by Crippen LogP contribution is -2.44. The maximum atomic E-state index is 13.1. The number of sulfonamides is 1. The van der Waals surface area contributed by atoms with Gasteiger partial charge in [0, 0.05) is 24.6 Å². The van der Waals surface area contributed by atoms with E-state index in [1.54, 1.807) is 32.4 Å². The first-order valence-electron chi connectivity index (χ1n) is 12.2. The van der Waals surface area contributed by atoms with E-state index in [4.69, 9.17) is 31.5 Å². The highest BCUT2D eigenvalue weighted by atomic mass is 35.5. The van der Waals surface area contributed by atoms with E-state index in [2.05, 4.69) is 9.62 Å². The summed E-state index contributed by atoms with van der Waals surface area (Å²) in [5, 5.41) is 0.310. The summed E-state index contributed by atoms with van der Waals surface area (Å²) in [5.74, 6) is 1.60. The third kappa shape index (κ3) is 9.07. The number of piperidine rings is 1. The van der Waals surface area contributed by atoms with Crippen LogP contribution in [0, 0.1) is 0 Å². The topological polar surface area (TPSA) is 120 Å². The molecule has 3 N–H and O–H groups in total. The summed E-state index contributed by atoms with van der Waals surface area (Å²) in [6.45, 7) is 2.73. The van der Waals surface area contributed by atoms with Crippen LogP contribution < -0.4 is 24.7 Å². The lowest BCUT2D eigenvalue weighted by molar-refractivity contribution is 0.0972. The van der Waals surface area contributed by atoms with Gasteiger partial charge < -0.3 is 24.8 Å². The smallest absolute Gasteiger partial charge is 0.208 e. The first kappa shape index (κ1) is 29.0. The molecule has 0 bridgehead atoms. The summed E-state index contributed by atoms with van der Waals surface area (Å²) in [5.41, 5.74) is 7.55. The molecular weight excluding hydrogens is 518 g/mol. The average Bonchev–Trinajstić information content (AvgIpc) is 2.86. The molecular formula is C26H36ClN3O6S. The van der Waals surface area contributed by atoms with Crippen molar-refractivity contribution in [1.82, 2.24) is 9.62 Å². The molecule has 1 saturated heterocycles. The van der Waals surface area contributed by atoms with Gasteiger partial charge in [-0.3, -0.25) is 4.79 Å². The van der Waals surface area contributed by atoms with Crippen molar-refractivity contribution in [1.29, 1.82) is 0 Å². The van der Waals surface area contributed by atoms with Gasteiger partial charge in [0.1, 0.15) is 23.9 Å². The molecule has 37 heavy (non-hydrogen) atoms. The third-order valence-electron chi connectivity index (χ3n) is 6.30. The van der Waals surface area contributed by atoms with Crippen LogP contribution in [0.15, 0.2) is 30.3 Å². The Morgan fingerprint density at radius 3 is 2.32 bits per heavy atom. The Kier molecular flexibility index (Phi) is 10.5. The van der Waals surface area contributed by atoms with Crippen molar-refractivity contribution < 1.29 is 27.4 Å². The molecule has 2 aromatic rings. The number of ketones is 1. The first-order valence-corrected chi connectivity index (χ1v) is 14.5. The number of nitrogens with one attached hydrogen (secondary N) is 1. The van der Waals surface area contributed by atoms with Crippen LogP contribution in [0.2, 0.25) is 5.02 Å². The number of benzene rings is 2. The van der Waals surface area contributed by atoms with Gasteiger partial charge in [0.25, 0.3) is 0 Å². The second-order valence-electron chi connectivity index (χ2n) is 9.27. The minimum Gasteiger partial charge on any atom is -0.497 e. The molecule has 204 valence electrons. The monoisotopic (exact) mass is 553 g/mol. The Morgan fingerprint density at radius 2 is 1.73 bits per heavy atom. The Morgan fingerprint density at radius 1 is 1.08 bits per heavy atom. The summed E-state index contributed by atoms with van der Waals surface area (Å²) in [6.07, 6.45) is 4.70. The highest BCUT2D eigenvalue weighted by Gasteiger charge is 2.21. The number of likely N-dealkylation sites (tertiary alicyclic amines) is 1. The van der Waals surface area contributed by atoms with Crippen LogP contribution in [0.3, 0.4) is 0 Å². The number of rotatable bonds is 13. The zero-order chi connectivity index (χ0) is 27.0. The molecule has 1 aliphatic rings. The molecule has 11 heteroatoms. The number of halogens is 1. The predicted octanol–water partition coefficient (Wildman–Crippen LogP) is 3.89. The first-order chi connectivity index (χ1) is 17.6. The van der Waals surface area contributed by atoms with Crippen LogP contribution in [0.4, 0.5) is 5.69 Å². The summed E-state index contributed by atoms with van der Waals surface area (Å²) in [7, 11) is -0.0232. The maximum absolute atomic E-state index is 13.1. The van der Waals surface area contributed by atoms with E-state index in [1.807, 2.05) is 12.1 Å². The number of anilines is 1. The Hall–Kier alpha value is -2.53. The maximum Gasteiger partial charge on any atom is 0.208 e. The second kappa shape index (κ2) is 13.3. The molecule has 0 unspecified atom stereocenters. The molecule has 0 atom stereocenters. The highest BCUT2D eigenvalue weighted by Crippen LogP contribution is 2.32. The molecule has 0 saturated carbocycles. The normalized spacial score (nSPS) is 14.9. The van der Waals surface area contributed by atoms with Crippen LogP contribution in [-0.4, -0.2) is 65.3 Å². The minimum absolute atomic E-state index is 0.000394. The largest absolute Gasteiger partial charge is 0.497 e. The Labute approximate surface area is 224 Å². The van der Waals surface area contributed by atoms with Crippen molar-refractivity contribution in [3.8, 4) is 17.2 Å². The highest BCUT2D eigenvalue weighted by molar-refractivity contribution is 7.88. The minimum atomic E-state index is -3.18.